The lowest BCUT2D eigenvalue weighted by atomic mass is 10.2. The minimum absolute atomic E-state index is 0.203. The molecule has 0 unspecified atom stereocenters. The third kappa shape index (κ3) is 8.47. The minimum atomic E-state index is -0.984. The summed E-state index contributed by atoms with van der Waals surface area (Å²) in [6, 6.07) is 35.2. The number of hydrogen-bond donors (Lipinski definition) is 1. The molecule has 234 valence electrons. The molecule has 5 aromatic carbocycles. The van der Waals surface area contributed by atoms with Gasteiger partial charge in [-0.3, -0.25) is 0 Å². The summed E-state index contributed by atoms with van der Waals surface area (Å²) in [5.74, 6) is 1.42. The van der Waals surface area contributed by atoms with E-state index in [1.165, 1.54) is 17.9 Å². The zero-order valence-electron chi connectivity index (χ0n) is 24.9. The number of carboxylic acids is 1. The Hall–Kier alpha value is -3.88. The van der Waals surface area contributed by atoms with E-state index in [9.17, 15) is 4.79 Å². The molecule has 0 aliphatic carbocycles. The number of aromatic carboxylic acids is 1. The first-order valence-corrected chi connectivity index (χ1v) is 17.0. The fraction of sp³-hybridized carbons (Fsp3) is 0.111. The molecule has 10 heteroatoms. The van der Waals surface area contributed by atoms with Gasteiger partial charge in [0.25, 0.3) is 0 Å². The molecule has 0 fully saturated rings. The quantitative estimate of drug-likeness (QED) is 0.137. The van der Waals surface area contributed by atoms with E-state index in [4.69, 9.17) is 29.0 Å². The third-order valence-electron chi connectivity index (χ3n) is 6.74. The molecule has 6 aromatic rings. The maximum absolute atomic E-state index is 11.1. The van der Waals surface area contributed by atoms with Crippen LogP contribution in [0.4, 0.5) is 0 Å². The van der Waals surface area contributed by atoms with E-state index >= 15 is 0 Å². The molecule has 0 atom stereocenters. The zero-order valence-corrected chi connectivity index (χ0v) is 30.0. The second-order valence-electron chi connectivity index (χ2n) is 9.81. The Morgan fingerprint density at radius 1 is 0.696 bits per heavy atom. The zero-order chi connectivity index (χ0) is 32.5. The van der Waals surface area contributed by atoms with E-state index in [0.717, 1.165) is 42.3 Å². The number of benzene rings is 5. The predicted octanol–water partition coefficient (Wildman–Crippen LogP) is 9.73. The van der Waals surface area contributed by atoms with Crippen LogP contribution in [0.2, 0.25) is 0 Å². The Labute approximate surface area is 298 Å². The van der Waals surface area contributed by atoms with Crippen molar-refractivity contribution in [3.05, 3.63) is 133 Å². The van der Waals surface area contributed by atoms with Gasteiger partial charge in [0, 0.05) is 12.7 Å². The van der Waals surface area contributed by atoms with Crippen LogP contribution in [0.5, 0.6) is 23.0 Å². The molecule has 0 radical (unpaired) electrons. The summed E-state index contributed by atoms with van der Waals surface area (Å²) in [5, 5.41) is 10.1. The number of aromatic nitrogens is 1. The number of para-hydroxylation sites is 1. The van der Waals surface area contributed by atoms with Crippen molar-refractivity contribution >= 4 is 72.7 Å². The van der Waals surface area contributed by atoms with Gasteiger partial charge in [-0.25, -0.2) is 9.78 Å². The summed E-state index contributed by atoms with van der Waals surface area (Å²) in [4.78, 5) is 15.8. The molecule has 6 rings (SSSR count). The van der Waals surface area contributed by atoms with Crippen LogP contribution in [-0.2, 0) is 13.2 Å². The predicted molar refractivity (Wildman–Crippen MR) is 199 cm³/mol. The standard InChI is InChI=1S/C21H16INO2S.C15H13IO4/c1-24-18-11-15(21-23-17-9-5-6-10-20(17)26-21)16(22)12-19(18)25-13-14-7-3-2-4-8-14;1-19-13-7-11(15(17)18)12(16)8-14(13)20-9-10-5-3-2-4-6-10/h2-12H,13H2,1H3;2-8H,9H2,1H3,(H,17,18). The molecule has 0 saturated heterocycles. The van der Waals surface area contributed by atoms with Crippen LogP contribution in [0, 0.1) is 7.14 Å². The lowest BCUT2D eigenvalue weighted by Crippen LogP contribution is -2.03. The fourth-order valence-corrected chi connectivity index (χ4v) is 6.94. The fourth-order valence-electron chi connectivity index (χ4n) is 4.40. The molecule has 46 heavy (non-hydrogen) atoms. The summed E-state index contributed by atoms with van der Waals surface area (Å²) in [7, 11) is 3.16. The van der Waals surface area contributed by atoms with Gasteiger partial charge in [-0.2, -0.15) is 0 Å². The number of nitrogens with zero attached hydrogens (tertiary/aromatic N) is 1. The molecule has 7 nitrogen and oxygen atoms in total. The summed E-state index contributed by atoms with van der Waals surface area (Å²) >= 11 is 5.99. The van der Waals surface area contributed by atoms with Gasteiger partial charge in [-0.05, 0) is 92.7 Å². The van der Waals surface area contributed by atoms with Crippen LogP contribution in [0.1, 0.15) is 21.5 Å². The Morgan fingerprint density at radius 3 is 1.76 bits per heavy atom. The molecule has 0 spiro atoms. The van der Waals surface area contributed by atoms with Crippen molar-refractivity contribution in [3.8, 4) is 33.6 Å². The van der Waals surface area contributed by atoms with E-state index in [1.54, 1.807) is 24.5 Å². The minimum Gasteiger partial charge on any atom is -0.493 e. The van der Waals surface area contributed by atoms with Gasteiger partial charge in [0.05, 0.1) is 30.0 Å². The molecule has 0 aliphatic heterocycles. The lowest BCUT2D eigenvalue weighted by Gasteiger charge is -2.13. The van der Waals surface area contributed by atoms with Crippen LogP contribution >= 0.6 is 56.5 Å². The molecule has 1 N–H and O–H groups in total. The van der Waals surface area contributed by atoms with E-state index < -0.39 is 5.97 Å². The van der Waals surface area contributed by atoms with Crippen LogP contribution in [0.15, 0.2) is 109 Å². The van der Waals surface area contributed by atoms with Crippen LogP contribution in [0.25, 0.3) is 20.8 Å². The first-order chi connectivity index (χ1) is 22.4. The Balaban J connectivity index is 0.000000188. The molecule has 0 saturated carbocycles. The van der Waals surface area contributed by atoms with Gasteiger partial charge >= 0.3 is 5.97 Å². The van der Waals surface area contributed by atoms with E-state index in [1.807, 2.05) is 114 Å². The summed E-state index contributed by atoms with van der Waals surface area (Å²) in [6.07, 6.45) is 0. The highest BCUT2D eigenvalue weighted by Crippen LogP contribution is 2.39. The second kappa shape index (κ2) is 16.1. The van der Waals surface area contributed by atoms with Gasteiger partial charge in [0.15, 0.2) is 23.0 Å². The molecule has 0 bridgehead atoms. The van der Waals surface area contributed by atoms with Gasteiger partial charge in [0.1, 0.15) is 18.2 Å². The largest absolute Gasteiger partial charge is 0.493 e. The number of rotatable bonds is 10. The number of carboxylic acid groups (broad SMARTS) is 1. The van der Waals surface area contributed by atoms with Crippen LogP contribution < -0.4 is 18.9 Å². The van der Waals surface area contributed by atoms with Crippen molar-refractivity contribution in [3.63, 3.8) is 0 Å². The SMILES string of the molecule is COc1cc(-c2nc3ccccc3s2)c(I)cc1OCc1ccccc1.COc1cc(C(=O)O)c(I)cc1OCc1ccccc1. The molecular weight excluding hydrogens is 828 g/mol. The number of hydrogen-bond acceptors (Lipinski definition) is 7. The monoisotopic (exact) mass is 857 g/mol. The van der Waals surface area contributed by atoms with Crippen molar-refractivity contribution in [2.45, 2.75) is 13.2 Å². The van der Waals surface area contributed by atoms with E-state index in [0.29, 0.717) is 28.3 Å². The van der Waals surface area contributed by atoms with Crippen molar-refractivity contribution < 1.29 is 28.8 Å². The number of methoxy groups -OCH3 is 2. The van der Waals surface area contributed by atoms with Gasteiger partial charge in [-0.15, -0.1) is 11.3 Å². The van der Waals surface area contributed by atoms with Crippen molar-refractivity contribution in [2.75, 3.05) is 14.2 Å². The van der Waals surface area contributed by atoms with E-state index in [-0.39, 0.29) is 5.56 Å². The molecule has 0 aliphatic rings. The summed E-state index contributed by atoms with van der Waals surface area (Å²) < 4.78 is 25.3. The molecular formula is C36H29I2NO6S. The van der Waals surface area contributed by atoms with Crippen LogP contribution in [0.3, 0.4) is 0 Å². The highest BCUT2D eigenvalue weighted by Gasteiger charge is 2.16. The van der Waals surface area contributed by atoms with Crippen LogP contribution in [-0.4, -0.2) is 30.3 Å². The average Bonchev–Trinajstić information content (AvgIpc) is 3.51. The highest BCUT2D eigenvalue weighted by atomic mass is 127. The number of ether oxygens (including phenoxy) is 4. The molecule has 1 heterocycles. The first kappa shape index (κ1) is 33.5. The van der Waals surface area contributed by atoms with Crippen molar-refractivity contribution in [1.29, 1.82) is 0 Å². The normalized spacial score (nSPS) is 10.5. The van der Waals surface area contributed by atoms with Crippen molar-refractivity contribution in [1.82, 2.24) is 4.98 Å². The van der Waals surface area contributed by atoms with Gasteiger partial charge in [-0.1, -0.05) is 72.8 Å². The second-order valence-corrected chi connectivity index (χ2v) is 13.2. The summed E-state index contributed by atoms with van der Waals surface area (Å²) in [6.45, 7) is 0.910. The van der Waals surface area contributed by atoms with Gasteiger partial charge in [0.2, 0.25) is 0 Å². The number of carbonyl (C=O) groups is 1. The number of fused-ring (bicyclic) bond motifs is 1. The van der Waals surface area contributed by atoms with E-state index in [2.05, 4.69) is 28.7 Å². The smallest absolute Gasteiger partial charge is 0.336 e. The molecule has 0 amide bonds. The third-order valence-corrected chi connectivity index (χ3v) is 9.59. The average molecular weight is 858 g/mol. The van der Waals surface area contributed by atoms with Gasteiger partial charge < -0.3 is 24.1 Å². The lowest BCUT2D eigenvalue weighted by molar-refractivity contribution is 0.0695. The first-order valence-electron chi connectivity index (χ1n) is 14.0. The Morgan fingerprint density at radius 2 is 1.22 bits per heavy atom. The number of halogens is 2. The summed E-state index contributed by atoms with van der Waals surface area (Å²) in [5.41, 5.74) is 4.45. The molecule has 1 aromatic heterocycles. The maximum Gasteiger partial charge on any atom is 0.336 e. The van der Waals surface area contributed by atoms with Crippen molar-refractivity contribution in [2.24, 2.45) is 0 Å². The topological polar surface area (TPSA) is 87.1 Å². The highest BCUT2D eigenvalue weighted by molar-refractivity contribution is 14.1. The Bertz CT molecular complexity index is 1900. The maximum atomic E-state index is 11.1. The number of thiazole rings is 1. The Kier molecular flexibility index (Phi) is 11.7.